The predicted molar refractivity (Wildman–Crippen MR) is 82.4 cm³/mol. The summed E-state index contributed by atoms with van der Waals surface area (Å²) in [5, 5.41) is 0. The van der Waals surface area contributed by atoms with Gasteiger partial charge in [0.2, 0.25) is 0 Å². The maximum absolute atomic E-state index is 5.82. The van der Waals surface area contributed by atoms with Gasteiger partial charge in [-0.3, -0.25) is 0 Å². The Morgan fingerprint density at radius 3 is 2.25 bits per heavy atom. The molecule has 2 rings (SSSR count). The molecule has 3 heteroatoms. The maximum atomic E-state index is 5.82. The van der Waals surface area contributed by atoms with Crippen LogP contribution in [-0.4, -0.2) is 13.2 Å². The Hall–Kier alpha value is -2.16. The minimum absolute atomic E-state index is 0.619. The summed E-state index contributed by atoms with van der Waals surface area (Å²) in [6.45, 7) is 5.39. The van der Waals surface area contributed by atoms with Crippen LogP contribution in [0, 0.1) is 13.8 Å². The molecule has 20 heavy (non-hydrogen) atoms. The zero-order valence-corrected chi connectivity index (χ0v) is 12.1. The van der Waals surface area contributed by atoms with E-state index in [9.17, 15) is 0 Å². The monoisotopic (exact) mass is 271 g/mol. The first-order valence-electron chi connectivity index (χ1n) is 6.84. The van der Waals surface area contributed by atoms with Crippen LogP contribution in [0.4, 0.5) is 5.69 Å². The number of aryl methyl sites for hydroxylation is 2. The van der Waals surface area contributed by atoms with E-state index in [0.29, 0.717) is 18.9 Å². The van der Waals surface area contributed by atoms with E-state index in [4.69, 9.17) is 15.2 Å². The largest absolute Gasteiger partial charge is 0.493 e. The first-order chi connectivity index (χ1) is 9.66. The molecular formula is C17H21NO2. The second-order valence-corrected chi connectivity index (χ2v) is 4.84. The van der Waals surface area contributed by atoms with Crippen molar-refractivity contribution < 1.29 is 9.47 Å². The van der Waals surface area contributed by atoms with E-state index in [1.807, 2.05) is 30.3 Å². The first-order valence-corrected chi connectivity index (χ1v) is 6.84. The Kier molecular flexibility index (Phi) is 4.88. The molecule has 0 radical (unpaired) electrons. The summed E-state index contributed by atoms with van der Waals surface area (Å²) in [6, 6.07) is 13.6. The lowest BCUT2D eigenvalue weighted by atomic mass is 10.1. The molecule has 0 saturated carbocycles. The molecule has 0 fully saturated rings. The molecule has 0 aliphatic heterocycles. The van der Waals surface area contributed by atoms with Crippen molar-refractivity contribution in [2.75, 3.05) is 18.9 Å². The highest BCUT2D eigenvalue weighted by Crippen LogP contribution is 2.22. The normalized spacial score (nSPS) is 10.3. The summed E-state index contributed by atoms with van der Waals surface area (Å²) in [5.74, 6) is 1.79. The molecular weight excluding hydrogens is 250 g/mol. The Labute approximate surface area is 120 Å². The van der Waals surface area contributed by atoms with E-state index >= 15 is 0 Å². The lowest BCUT2D eigenvalue weighted by Crippen LogP contribution is -2.06. The van der Waals surface area contributed by atoms with Crippen molar-refractivity contribution in [3.05, 3.63) is 53.6 Å². The number of anilines is 1. The van der Waals surface area contributed by atoms with Gasteiger partial charge >= 0.3 is 0 Å². The van der Waals surface area contributed by atoms with E-state index < -0.39 is 0 Å². The van der Waals surface area contributed by atoms with Crippen LogP contribution in [-0.2, 0) is 0 Å². The fourth-order valence-corrected chi connectivity index (χ4v) is 2.05. The Morgan fingerprint density at radius 1 is 0.900 bits per heavy atom. The number of para-hydroxylation sites is 1. The molecule has 0 spiro atoms. The highest BCUT2D eigenvalue weighted by molar-refractivity contribution is 5.43. The zero-order chi connectivity index (χ0) is 14.4. The highest BCUT2D eigenvalue weighted by atomic mass is 16.5. The minimum Gasteiger partial charge on any atom is -0.493 e. The first kappa shape index (κ1) is 14.3. The molecule has 3 nitrogen and oxygen atoms in total. The van der Waals surface area contributed by atoms with Gasteiger partial charge in [-0.1, -0.05) is 24.3 Å². The van der Waals surface area contributed by atoms with Crippen LogP contribution in [0.5, 0.6) is 11.5 Å². The van der Waals surface area contributed by atoms with Gasteiger partial charge in [0.05, 0.1) is 13.2 Å². The topological polar surface area (TPSA) is 44.5 Å². The van der Waals surface area contributed by atoms with Crippen molar-refractivity contribution in [2.45, 2.75) is 20.3 Å². The SMILES string of the molecule is Cc1cccc(C)c1OCCCOc1cccc(N)c1. The number of nitrogens with two attached hydrogens (primary N) is 1. The second-order valence-electron chi connectivity index (χ2n) is 4.84. The van der Waals surface area contributed by atoms with Gasteiger partial charge in [-0.2, -0.15) is 0 Å². The lowest BCUT2D eigenvalue weighted by molar-refractivity contribution is 0.246. The molecule has 0 bridgehead atoms. The quantitative estimate of drug-likeness (QED) is 0.643. The van der Waals surface area contributed by atoms with Gasteiger partial charge in [-0.05, 0) is 37.1 Å². The van der Waals surface area contributed by atoms with E-state index in [1.165, 1.54) is 11.1 Å². The van der Waals surface area contributed by atoms with E-state index in [1.54, 1.807) is 0 Å². The summed E-state index contributed by atoms with van der Waals surface area (Å²) < 4.78 is 11.4. The average Bonchev–Trinajstić information content (AvgIpc) is 2.41. The number of benzene rings is 2. The van der Waals surface area contributed by atoms with Crippen molar-refractivity contribution in [1.82, 2.24) is 0 Å². The summed E-state index contributed by atoms with van der Waals surface area (Å²) in [6.07, 6.45) is 0.836. The fraction of sp³-hybridized carbons (Fsp3) is 0.294. The van der Waals surface area contributed by atoms with Crippen LogP contribution < -0.4 is 15.2 Å². The standard InChI is InChI=1S/C17H21NO2/c1-13-6-3-7-14(2)17(13)20-11-5-10-19-16-9-4-8-15(18)12-16/h3-4,6-9,12H,5,10-11,18H2,1-2H3. The fourth-order valence-electron chi connectivity index (χ4n) is 2.05. The van der Waals surface area contributed by atoms with Gasteiger partial charge in [0.25, 0.3) is 0 Å². The van der Waals surface area contributed by atoms with Gasteiger partial charge in [-0.25, -0.2) is 0 Å². The van der Waals surface area contributed by atoms with Crippen molar-refractivity contribution >= 4 is 5.69 Å². The van der Waals surface area contributed by atoms with Gasteiger partial charge in [0, 0.05) is 18.2 Å². The summed E-state index contributed by atoms with van der Waals surface area (Å²) in [5.41, 5.74) is 8.75. The van der Waals surface area contributed by atoms with Crippen LogP contribution >= 0.6 is 0 Å². The maximum Gasteiger partial charge on any atom is 0.125 e. The Balaban J connectivity index is 1.74. The lowest BCUT2D eigenvalue weighted by Gasteiger charge is -2.12. The summed E-state index contributed by atoms with van der Waals surface area (Å²) in [7, 11) is 0. The zero-order valence-electron chi connectivity index (χ0n) is 12.1. The third-order valence-corrected chi connectivity index (χ3v) is 3.07. The smallest absolute Gasteiger partial charge is 0.125 e. The Morgan fingerprint density at radius 2 is 1.55 bits per heavy atom. The van der Waals surface area contributed by atoms with Gasteiger partial charge in [-0.15, -0.1) is 0 Å². The average molecular weight is 271 g/mol. The molecule has 0 saturated heterocycles. The number of hydrogen-bond donors (Lipinski definition) is 1. The van der Waals surface area contributed by atoms with Gasteiger partial charge in [0.15, 0.2) is 0 Å². The van der Waals surface area contributed by atoms with Crippen molar-refractivity contribution in [3.63, 3.8) is 0 Å². The predicted octanol–water partition coefficient (Wildman–Crippen LogP) is 3.73. The van der Waals surface area contributed by atoms with Crippen LogP contribution in [0.2, 0.25) is 0 Å². The molecule has 0 aromatic heterocycles. The van der Waals surface area contributed by atoms with Crippen LogP contribution in [0.1, 0.15) is 17.5 Å². The third kappa shape index (κ3) is 3.92. The van der Waals surface area contributed by atoms with Crippen LogP contribution in [0.25, 0.3) is 0 Å². The minimum atomic E-state index is 0.619. The number of ether oxygens (including phenoxy) is 2. The summed E-state index contributed by atoms with van der Waals surface area (Å²) >= 11 is 0. The molecule has 2 aromatic rings. The number of nitrogen functional groups attached to an aromatic ring is 1. The molecule has 0 amide bonds. The van der Waals surface area contributed by atoms with E-state index in [2.05, 4.69) is 26.0 Å². The highest BCUT2D eigenvalue weighted by Gasteiger charge is 2.02. The number of hydrogen-bond acceptors (Lipinski definition) is 3. The summed E-state index contributed by atoms with van der Waals surface area (Å²) in [4.78, 5) is 0. The molecule has 0 aliphatic rings. The van der Waals surface area contributed by atoms with Gasteiger partial charge < -0.3 is 15.2 Å². The van der Waals surface area contributed by atoms with Crippen molar-refractivity contribution in [1.29, 1.82) is 0 Å². The van der Waals surface area contributed by atoms with Gasteiger partial charge in [0.1, 0.15) is 11.5 Å². The number of rotatable bonds is 6. The van der Waals surface area contributed by atoms with Crippen molar-refractivity contribution in [3.8, 4) is 11.5 Å². The van der Waals surface area contributed by atoms with Crippen LogP contribution in [0.3, 0.4) is 0 Å². The molecule has 0 aliphatic carbocycles. The Bertz CT molecular complexity index is 546. The molecule has 0 atom stereocenters. The third-order valence-electron chi connectivity index (χ3n) is 3.07. The molecule has 2 aromatic carbocycles. The van der Waals surface area contributed by atoms with E-state index in [-0.39, 0.29) is 0 Å². The second kappa shape index (κ2) is 6.85. The molecule has 106 valence electrons. The van der Waals surface area contributed by atoms with Crippen molar-refractivity contribution in [2.24, 2.45) is 0 Å². The molecule has 0 heterocycles. The molecule has 0 unspecified atom stereocenters. The van der Waals surface area contributed by atoms with Crippen LogP contribution in [0.15, 0.2) is 42.5 Å². The molecule has 2 N–H and O–H groups in total. The van der Waals surface area contributed by atoms with E-state index in [0.717, 1.165) is 17.9 Å².